The fourth-order valence-corrected chi connectivity index (χ4v) is 4.38. The predicted octanol–water partition coefficient (Wildman–Crippen LogP) is 3.36. The van der Waals surface area contributed by atoms with E-state index in [0.29, 0.717) is 18.9 Å². The Morgan fingerprint density at radius 2 is 1.87 bits per heavy atom. The van der Waals surface area contributed by atoms with Crippen LogP contribution in [0.3, 0.4) is 0 Å². The number of alkyl carbamates (subject to hydrolysis) is 1. The van der Waals surface area contributed by atoms with Gasteiger partial charge in [-0.05, 0) is 55.1 Å². The molecule has 3 fully saturated rings. The van der Waals surface area contributed by atoms with Crippen molar-refractivity contribution in [3.63, 3.8) is 0 Å². The second-order valence-corrected chi connectivity index (χ2v) is 8.07. The Labute approximate surface area is 177 Å². The quantitative estimate of drug-likeness (QED) is 0.653. The molecule has 2 unspecified atom stereocenters. The third-order valence-electron chi connectivity index (χ3n) is 6.01. The highest BCUT2D eigenvalue weighted by molar-refractivity contribution is 5.69. The molecule has 3 aliphatic rings. The molecule has 0 spiro atoms. The molecule has 2 aromatic carbocycles. The standard InChI is InChI=1S/C24H30N2O4/c27-14-5-15-29-21-9-4-8-20(16-21)23(19-6-2-1-3-7-19)25-24(28)30-22-17-26-12-10-18(22)11-13-26/h1-4,6-9,16,18,22-23,27H,5,10-15,17H2,(H,25,28). The molecule has 6 heteroatoms. The number of ether oxygens (including phenoxy) is 2. The number of aliphatic hydroxyl groups excluding tert-OH is 1. The van der Waals surface area contributed by atoms with Gasteiger partial charge in [-0.1, -0.05) is 42.5 Å². The van der Waals surface area contributed by atoms with Gasteiger partial charge in [-0.2, -0.15) is 0 Å². The maximum Gasteiger partial charge on any atom is 0.408 e. The summed E-state index contributed by atoms with van der Waals surface area (Å²) in [4.78, 5) is 15.2. The lowest BCUT2D eigenvalue weighted by atomic mass is 9.86. The van der Waals surface area contributed by atoms with E-state index >= 15 is 0 Å². The van der Waals surface area contributed by atoms with Crippen molar-refractivity contribution in [2.45, 2.75) is 31.4 Å². The van der Waals surface area contributed by atoms with Gasteiger partial charge in [0.05, 0.1) is 12.6 Å². The van der Waals surface area contributed by atoms with E-state index in [-0.39, 0.29) is 24.8 Å². The average molecular weight is 411 g/mol. The van der Waals surface area contributed by atoms with Crippen molar-refractivity contribution in [2.75, 3.05) is 32.8 Å². The minimum absolute atomic E-state index is 0.0305. The summed E-state index contributed by atoms with van der Waals surface area (Å²) in [6.07, 6.45) is 2.38. The highest BCUT2D eigenvalue weighted by Gasteiger charge is 2.36. The Morgan fingerprint density at radius 1 is 1.10 bits per heavy atom. The van der Waals surface area contributed by atoms with Crippen LogP contribution in [-0.4, -0.2) is 55.1 Å². The number of nitrogens with zero attached hydrogens (tertiary/aromatic N) is 1. The predicted molar refractivity (Wildman–Crippen MR) is 114 cm³/mol. The minimum atomic E-state index is -0.380. The van der Waals surface area contributed by atoms with Crippen LogP contribution in [0, 0.1) is 5.92 Å². The normalized spacial score (nSPS) is 23.6. The van der Waals surface area contributed by atoms with E-state index in [9.17, 15) is 4.79 Å². The summed E-state index contributed by atoms with van der Waals surface area (Å²) in [5.74, 6) is 1.19. The van der Waals surface area contributed by atoms with E-state index in [1.165, 1.54) is 0 Å². The van der Waals surface area contributed by atoms with Crippen LogP contribution < -0.4 is 10.1 Å². The lowest BCUT2D eigenvalue weighted by Gasteiger charge is -2.43. The van der Waals surface area contributed by atoms with Crippen LogP contribution in [0.5, 0.6) is 5.75 Å². The first-order valence-electron chi connectivity index (χ1n) is 10.8. The molecule has 0 radical (unpaired) electrons. The Kier molecular flexibility index (Phi) is 6.87. The zero-order chi connectivity index (χ0) is 20.8. The number of nitrogens with one attached hydrogen (secondary N) is 1. The monoisotopic (exact) mass is 410 g/mol. The Hall–Kier alpha value is -2.57. The van der Waals surface area contributed by atoms with Gasteiger partial charge in [-0.15, -0.1) is 0 Å². The van der Waals surface area contributed by atoms with E-state index in [1.807, 2.05) is 54.6 Å². The molecule has 30 heavy (non-hydrogen) atoms. The summed E-state index contributed by atoms with van der Waals surface area (Å²) >= 11 is 0. The fourth-order valence-electron chi connectivity index (χ4n) is 4.38. The summed E-state index contributed by atoms with van der Waals surface area (Å²) in [5.41, 5.74) is 1.91. The molecule has 5 rings (SSSR count). The van der Waals surface area contributed by atoms with Crippen molar-refractivity contribution in [3.05, 3.63) is 65.7 Å². The molecule has 3 aliphatic heterocycles. The number of hydrogen-bond acceptors (Lipinski definition) is 5. The number of carbonyl (C=O) groups is 1. The van der Waals surface area contributed by atoms with E-state index in [4.69, 9.17) is 14.6 Å². The zero-order valence-electron chi connectivity index (χ0n) is 17.2. The van der Waals surface area contributed by atoms with Gasteiger partial charge in [0.2, 0.25) is 0 Å². The lowest BCUT2D eigenvalue weighted by molar-refractivity contribution is -0.0336. The first-order valence-corrected chi connectivity index (χ1v) is 10.8. The largest absolute Gasteiger partial charge is 0.493 e. The van der Waals surface area contributed by atoms with Crippen molar-refractivity contribution >= 4 is 6.09 Å². The SMILES string of the molecule is O=C(NC(c1ccccc1)c1cccc(OCCCO)c1)OC1CN2CCC1CC2. The van der Waals surface area contributed by atoms with Gasteiger partial charge in [0, 0.05) is 19.6 Å². The maximum absolute atomic E-state index is 12.8. The van der Waals surface area contributed by atoms with Crippen molar-refractivity contribution in [2.24, 2.45) is 5.92 Å². The highest BCUT2D eigenvalue weighted by Crippen LogP contribution is 2.30. The maximum atomic E-state index is 12.8. The first kappa shape index (κ1) is 20.7. The number of benzene rings is 2. The molecule has 1 amide bonds. The number of rotatable bonds is 8. The highest BCUT2D eigenvalue weighted by atomic mass is 16.6. The third kappa shape index (κ3) is 5.12. The second-order valence-electron chi connectivity index (χ2n) is 8.07. The topological polar surface area (TPSA) is 71.0 Å². The summed E-state index contributed by atoms with van der Waals surface area (Å²) in [7, 11) is 0. The molecule has 0 aliphatic carbocycles. The molecule has 6 nitrogen and oxygen atoms in total. The molecule has 3 saturated heterocycles. The molecule has 160 valence electrons. The molecule has 2 aromatic rings. The van der Waals surface area contributed by atoms with Gasteiger partial charge < -0.3 is 19.9 Å². The van der Waals surface area contributed by atoms with Crippen LogP contribution in [0.2, 0.25) is 0 Å². The van der Waals surface area contributed by atoms with Crippen molar-refractivity contribution in [1.82, 2.24) is 10.2 Å². The second kappa shape index (κ2) is 9.96. The average Bonchev–Trinajstić information content (AvgIpc) is 2.79. The third-order valence-corrected chi connectivity index (χ3v) is 6.01. The summed E-state index contributed by atoms with van der Waals surface area (Å²) in [5, 5.41) is 12.0. The van der Waals surface area contributed by atoms with Gasteiger partial charge in [-0.3, -0.25) is 4.90 Å². The van der Waals surface area contributed by atoms with E-state index in [2.05, 4.69) is 10.2 Å². The Balaban J connectivity index is 1.48. The van der Waals surface area contributed by atoms with E-state index in [1.54, 1.807) is 0 Å². The van der Waals surface area contributed by atoms with Gasteiger partial charge in [0.25, 0.3) is 0 Å². The van der Waals surface area contributed by atoms with Gasteiger partial charge in [0.1, 0.15) is 11.9 Å². The fraction of sp³-hybridized carbons (Fsp3) is 0.458. The van der Waals surface area contributed by atoms with Gasteiger partial charge in [0.15, 0.2) is 0 Å². The van der Waals surface area contributed by atoms with Crippen molar-refractivity contribution in [1.29, 1.82) is 0 Å². The van der Waals surface area contributed by atoms with Gasteiger partial charge in [-0.25, -0.2) is 4.79 Å². The van der Waals surface area contributed by atoms with E-state index in [0.717, 1.165) is 49.4 Å². The Bertz CT molecular complexity index is 821. The van der Waals surface area contributed by atoms with E-state index < -0.39 is 0 Å². The Morgan fingerprint density at radius 3 is 2.57 bits per heavy atom. The summed E-state index contributed by atoms with van der Waals surface area (Å²) < 4.78 is 11.6. The van der Waals surface area contributed by atoms with Crippen LogP contribution in [0.25, 0.3) is 0 Å². The molecule has 0 saturated carbocycles. The number of hydrogen-bond donors (Lipinski definition) is 2. The van der Waals surface area contributed by atoms with Crippen molar-refractivity contribution < 1.29 is 19.4 Å². The van der Waals surface area contributed by atoms with Crippen LogP contribution in [0.15, 0.2) is 54.6 Å². The molecule has 2 bridgehead atoms. The van der Waals surface area contributed by atoms with Gasteiger partial charge >= 0.3 is 6.09 Å². The first-order chi connectivity index (χ1) is 14.7. The molecule has 2 atom stereocenters. The van der Waals surface area contributed by atoms with Crippen molar-refractivity contribution in [3.8, 4) is 5.75 Å². The van der Waals surface area contributed by atoms with Crippen LogP contribution in [0.1, 0.15) is 36.4 Å². The molecular formula is C24H30N2O4. The molecule has 2 N–H and O–H groups in total. The number of carbonyl (C=O) groups excluding carboxylic acids is 1. The number of amides is 1. The number of piperidine rings is 3. The molecule has 0 aromatic heterocycles. The number of fused-ring (bicyclic) bond motifs is 3. The van der Waals surface area contributed by atoms with Crippen LogP contribution >= 0.6 is 0 Å². The summed E-state index contributed by atoms with van der Waals surface area (Å²) in [6, 6.07) is 17.3. The molecule has 3 heterocycles. The lowest BCUT2D eigenvalue weighted by Crippen LogP contribution is -2.52. The zero-order valence-corrected chi connectivity index (χ0v) is 17.2. The number of aliphatic hydroxyl groups is 1. The van der Waals surface area contributed by atoms with Crippen LogP contribution in [0.4, 0.5) is 4.79 Å². The summed E-state index contributed by atoms with van der Waals surface area (Å²) in [6.45, 7) is 3.61. The smallest absolute Gasteiger partial charge is 0.408 e. The minimum Gasteiger partial charge on any atom is -0.493 e. The van der Waals surface area contributed by atoms with Crippen LogP contribution in [-0.2, 0) is 4.74 Å². The molecular weight excluding hydrogens is 380 g/mol.